The summed E-state index contributed by atoms with van der Waals surface area (Å²) in [6.07, 6.45) is 0.771. The van der Waals surface area contributed by atoms with E-state index in [1.165, 1.54) is 0 Å². The largest absolute Gasteiger partial charge is 0.508 e. The van der Waals surface area contributed by atoms with Gasteiger partial charge in [0, 0.05) is 42.8 Å². The maximum Gasteiger partial charge on any atom is 0.341 e. The third kappa shape index (κ3) is 4.82. The third-order valence-corrected chi connectivity index (χ3v) is 6.45. The Kier molecular flexibility index (Phi) is 6.97. The van der Waals surface area contributed by atoms with Crippen molar-refractivity contribution in [2.24, 2.45) is 0 Å². The molecule has 1 fully saturated rings. The third-order valence-electron chi connectivity index (χ3n) is 5.02. The zero-order chi connectivity index (χ0) is 21.0. The number of aryl methyl sites for hydroxylation is 1. The van der Waals surface area contributed by atoms with Crippen LogP contribution >= 0.6 is 23.6 Å². The molecule has 0 atom stereocenters. The van der Waals surface area contributed by atoms with E-state index in [0.29, 0.717) is 17.3 Å². The van der Waals surface area contributed by atoms with Gasteiger partial charge in [-0.1, -0.05) is 13.0 Å². The number of aromatic hydroxyl groups is 1. The van der Waals surface area contributed by atoms with Gasteiger partial charge in [0.1, 0.15) is 10.8 Å². The van der Waals surface area contributed by atoms with Gasteiger partial charge in [0.15, 0.2) is 5.11 Å². The molecule has 0 spiro atoms. The molecule has 0 amide bonds. The number of thiocarbonyl (C=S) groups is 1. The molecule has 2 N–H and O–H groups in total. The van der Waals surface area contributed by atoms with Gasteiger partial charge >= 0.3 is 5.97 Å². The number of ether oxygens (including phenoxy) is 1. The first kappa shape index (κ1) is 21.4. The summed E-state index contributed by atoms with van der Waals surface area (Å²) in [7, 11) is 0. The molecule has 0 saturated carbocycles. The second-order valence-electron chi connectivity index (χ2n) is 6.84. The summed E-state index contributed by atoms with van der Waals surface area (Å²) >= 11 is 7.19. The fraction of sp³-hybridized carbons (Fsp3) is 0.429. The lowest BCUT2D eigenvalue weighted by Crippen LogP contribution is -2.50. The van der Waals surface area contributed by atoms with E-state index < -0.39 is 0 Å². The fourth-order valence-electron chi connectivity index (χ4n) is 3.55. The molecule has 0 bridgehead atoms. The van der Waals surface area contributed by atoms with E-state index in [1.807, 2.05) is 32.9 Å². The zero-order valence-corrected chi connectivity index (χ0v) is 18.7. The molecule has 29 heavy (non-hydrogen) atoms. The van der Waals surface area contributed by atoms with E-state index >= 15 is 0 Å². The molecule has 0 unspecified atom stereocenters. The van der Waals surface area contributed by atoms with Gasteiger partial charge in [-0.3, -0.25) is 0 Å². The summed E-state index contributed by atoms with van der Waals surface area (Å²) in [6, 6.07) is 7.30. The van der Waals surface area contributed by atoms with Gasteiger partial charge < -0.3 is 25.0 Å². The standard InChI is InChI=1S/C21H27N3O3S2/c1-4-17-14(3)29-19(18(17)20(26)27-5-2)22-21(28)24-11-9-23(10-12-24)15-7-6-8-16(25)13-15/h6-8,13,25H,4-5,9-12H2,1-3H3,(H,22,28). The van der Waals surface area contributed by atoms with Crippen LogP contribution < -0.4 is 10.2 Å². The van der Waals surface area contributed by atoms with E-state index in [1.54, 1.807) is 23.5 Å². The Balaban J connectivity index is 1.68. The highest BCUT2D eigenvalue weighted by Gasteiger charge is 2.25. The van der Waals surface area contributed by atoms with Gasteiger partial charge in [-0.15, -0.1) is 11.3 Å². The Morgan fingerprint density at radius 3 is 2.62 bits per heavy atom. The van der Waals surface area contributed by atoms with Crippen LogP contribution in [-0.4, -0.2) is 53.9 Å². The minimum absolute atomic E-state index is 0.272. The number of thiophene rings is 1. The highest BCUT2D eigenvalue weighted by atomic mass is 32.1. The number of rotatable bonds is 5. The molecule has 1 aromatic heterocycles. The van der Waals surface area contributed by atoms with Gasteiger partial charge in [0.25, 0.3) is 0 Å². The van der Waals surface area contributed by atoms with Crippen molar-refractivity contribution in [1.82, 2.24) is 4.90 Å². The lowest BCUT2D eigenvalue weighted by Gasteiger charge is -2.37. The van der Waals surface area contributed by atoms with Crippen LogP contribution in [0, 0.1) is 6.92 Å². The smallest absolute Gasteiger partial charge is 0.341 e. The highest BCUT2D eigenvalue weighted by Crippen LogP contribution is 2.34. The molecule has 1 aromatic carbocycles. The van der Waals surface area contributed by atoms with Crippen LogP contribution in [0.4, 0.5) is 10.7 Å². The number of nitrogens with one attached hydrogen (secondary N) is 1. The summed E-state index contributed by atoms with van der Waals surface area (Å²) in [4.78, 5) is 18.0. The molecular weight excluding hydrogens is 406 g/mol. The predicted octanol–water partition coefficient (Wildman–Crippen LogP) is 4.02. The lowest BCUT2D eigenvalue weighted by molar-refractivity contribution is 0.0527. The number of piperazine rings is 1. The van der Waals surface area contributed by atoms with Gasteiger partial charge in [-0.25, -0.2) is 4.79 Å². The SMILES string of the molecule is CCOC(=O)c1c(NC(=S)N2CCN(c3cccc(O)c3)CC2)sc(C)c1CC. The Morgan fingerprint density at radius 1 is 1.28 bits per heavy atom. The fourth-order valence-corrected chi connectivity index (χ4v) is 5.03. The van der Waals surface area contributed by atoms with E-state index in [4.69, 9.17) is 17.0 Å². The zero-order valence-electron chi connectivity index (χ0n) is 17.0. The van der Waals surface area contributed by atoms with E-state index in [0.717, 1.165) is 53.7 Å². The average molecular weight is 434 g/mol. The molecule has 2 heterocycles. The number of carbonyl (C=O) groups is 1. The van der Waals surface area contributed by atoms with Crippen molar-refractivity contribution in [2.45, 2.75) is 27.2 Å². The highest BCUT2D eigenvalue weighted by molar-refractivity contribution is 7.80. The molecule has 2 aromatic rings. The van der Waals surface area contributed by atoms with Gasteiger partial charge in [-0.2, -0.15) is 0 Å². The van der Waals surface area contributed by atoms with Crippen molar-refractivity contribution < 1.29 is 14.6 Å². The van der Waals surface area contributed by atoms with Crippen molar-refractivity contribution >= 4 is 45.3 Å². The topological polar surface area (TPSA) is 65.0 Å². The predicted molar refractivity (Wildman–Crippen MR) is 123 cm³/mol. The summed E-state index contributed by atoms with van der Waals surface area (Å²) < 4.78 is 5.27. The van der Waals surface area contributed by atoms with Crippen LogP contribution in [0.2, 0.25) is 0 Å². The monoisotopic (exact) mass is 433 g/mol. The summed E-state index contributed by atoms with van der Waals surface area (Å²) in [5.74, 6) is -0.0267. The van der Waals surface area contributed by atoms with Crippen molar-refractivity contribution in [3.05, 3.63) is 40.3 Å². The van der Waals surface area contributed by atoms with Crippen molar-refractivity contribution in [1.29, 1.82) is 0 Å². The van der Waals surface area contributed by atoms with Crippen LogP contribution in [0.5, 0.6) is 5.75 Å². The Labute approximate surface area is 181 Å². The minimum atomic E-state index is -0.298. The normalized spacial score (nSPS) is 14.0. The van der Waals surface area contributed by atoms with Crippen LogP contribution in [-0.2, 0) is 11.2 Å². The van der Waals surface area contributed by atoms with E-state index in [-0.39, 0.29) is 11.7 Å². The average Bonchev–Trinajstić information content (AvgIpc) is 3.03. The first-order valence-electron chi connectivity index (χ1n) is 9.83. The van der Waals surface area contributed by atoms with Crippen LogP contribution in [0.1, 0.15) is 34.6 Å². The maximum atomic E-state index is 12.5. The first-order chi connectivity index (χ1) is 13.9. The van der Waals surface area contributed by atoms with Crippen LogP contribution in [0.15, 0.2) is 24.3 Å². The molecule has 3 rings (SSSR count). The molecule has 1 aliphatic rings. The van der Waals surface area contributed by atoms with Crippen molar-refractivity contribution in [2.75, 3.05) is 43.0 Å². The van der Waals surface area contributed by atoms with Gasteiger partial charge in [-0.05, 0) is 50.2 Å². The quantitative estimate of drug-likeness (QED) is 0.545. The van der Waals surface area contributed by atoms with Crippen molar-refractivity contribution in [3.63, 3.8) is 0 Å². The Hall–Kier alpha value is -2.32. The summed E-state index contributed by atoms with van der Waals surface area (Å²) in [5, 5.41) is 14.4. The number of benzene rings is 1. The van der Waals surface area contributed by atoms with Crippen LogP contribution in [0.25, 0.3) is 0 Å². The number of anilines is 2. The number of esters is 1. The second kappa shape index (κ2) is 9.45. The number of hydrogen-bond donors (Lipinski definition) is 2. The Morgan fingerprint density at radius 2 is 2.00 bits per heavy atom. The van der Waals surface area contributed by atoms with Crippen LogP contribution in [0.3, 0.4) is 0 Å². The lowest BCUT2D eigenvalue weighted by atomic mass is 10.1. The molecule has 1 aliphatic heterocycles. The number of nitrogens with zero attached hydrogens (tertiary/aromatic N) is 2. The van der Waals surface area contributed by atoms with Crippen molar-refractivity contribution in [3.8, 4) is 5.75 Å². The summed E-state index contributed by atoms with van der Waals surface area (Å²) in [5.41, 5.74) is 2.64. The first-order valence-corrected chi connectivity index (χ1v) is 11.1. The molecule has 6 nitrogen and oxygen atoms in total. The minimum Gasteiger partial charge on any atom is -0.508 e. The van der Waals surface area contributed by atoms with E-state index in [2.05, 4.69) is 15.1 Å². The maximum absolute atomic E-state index is 12.5. The molecular formula is C21H27N3O3S2. The summed E-state index contributed by atoms with van der Waals surface area (Å²) in [6.45, 7) is 9.36. The molecule has 0 aliphatic carbocycles. The number of phenols is 1. The van der Waals surface area contributed by atoms with E-state index in [9.17, 15) is 9.90 Å². The second-order valence-corrected chi connectivity index (χ2v) is 8.45. The molecule has 8 heteroatoms. The number of phenolic OH excluding ortho intramolecular Hbond substituents is 1. The molecule has 156 valence electrons. The number of hydrogen-bond acceptors (Lipinski definition) is 6. The molecule has 1 saturated heterocycles. The number of carbonyl (C=O) groups excluding carboxylic acids is 1. The Bertz CT molecular complexity index is 889. The van der Waals surface area contributed by atoms with Gasteiger partial charge in [0.05, 0.1) is 12.2 Å². The molecule has 0 radical (unpaired) electrons. The van der Waals surface area contributed by atoms with Gasteiger partial charge in [0.2, 0.25) is 0 Å².